The molecule has 0 bridgehead atoms. The maximum atomic E-state index is 10.0. The van der Waals surface area contributed by atoms with Crippen molar-refractivity contribution >= 4 is 0 Å². The Bertz CT molecular complexity index is 304. The Morgan fingerprint density at radius 2 is 2.44 bits per heavy atom. The number of rotatable bonds is 7. The van der Waals surface area contributed by atoms with Crippen molar-refractivity contribution in [2.45, 2.75) is 38.0 Å². The van der Waals surface area contributed by atoms with E-state index in [-0.39, 0.29) is 0 Å². The van der Waals surface area contributed by atoms with Gasteiger partial charge in [-0.3, -0.25) is 0 Å². The molecule has 1 saturated carbocycles. The van der Waals surface area contributed by atoms with Crippen LogP contribution in [0.1, 0.15) is 25.5 Å². The lowest BCUT2D eigenvalue weighted by Gasteiger charge is -2.23. The van der Waals surface area contributed by atoms with Crippen molar-refractivity contribution < 1.29 is 14.3 Å². The quantitative estimate of drug-likeness (QED) is 0.734. The van der Waals surface area contributed by atoms with Crippen LogP contribution in [0.15, 0.2) is 22.8 Å². The van der Waals surface area contributed by atoms with Gasteiger partial charge in [-0.25, -0.2) is 0 Å². The highest BCUT2D eigenvalue weighted by molar-refractivity contribution is 4.96. The van der Waals surface area contributed by atoms with E-state index in [1.165, 1.54) is 12.8 Å². The first-order valence-electron chi connectivity index (χ1n) is 5.72. The second-order valence-electron chi connectivity index (χ2n) is 4.72. The normalized spacial score (nSPS) is 19.6. The van der Waals surface area contributed by atoms with E-state index in [1.54, 1.807) is 13.2 Å². The van der Waals surface area contributed by atoms with Gasteiger partial charge in [0.15, 0.2) is 0 Å². The lowest BCUT2D eigenvalue weighted by atomic mass is 10.1. The monoisotopic (exact) mass is 225 g/mol. The van der Waals surface area contributed by atoms with Gasteiger partial charge in [0, 0.05) is 12.6 Å². The number of ether oxygens (including phenoxy) is 1. The molecule has 1 aliphatic rings. The molecule has 4 nitrogen and oxygen atoms in total. The summed E-state index contributed by atoms with van der Waals surface area (Å²) in [6, 6.07) is 4.29. The van der Waals surface area contributed by atoms with Crippen LogP contribution in [0.3, 0.4) is 0 Å². The van der Waals surface area contributed by atoms with Crippen molar-refractivity contribution in [3.05, 3.63) is 24.2 Å². The predicted molar refractivity (Wildman–Crippen MR) is 60.0 cm³/mol. The standard InChI is InChI=1S/C12H19NO3/c1-12(14,8-13-10-4-5-10)9-15-7-11-3-2-6-16-11/h2-3,6,10,13-14H,4-5,7-9H2,1H3. The van der Waals surface area contributed by atoms with Crippen molar-refractivity contribution in [2.24, 2.45) is 0 Å². The average Bonchev–Trinajstić information content (AvgIpc) is 2.93. The Morgan fingerprint density at radius 3 is 3.06 bits per heavy atom. The van der Waals surface area contributed by atoms with Crippen LogP contribution >= 0.6 is 0 Å². The lowest BCUT2D eigenvalue weighted by Crippen LogP contribution is -2.42. The van der Waals surface area contributed by atoms with Gasteiger partial charge < -0.3 is 19.6 Å². The maximum absolute atomic E-state index is 10.0. The van der Waals surface area contributed by atoms with Gasteiger partial charge in [0.2, 0.25) is 0 Å². The van der Waals surface area contributed by atoms with E-state index in [0.29, 0.717) is 25.8 Å². The molecule has 1 unspecified atom stereocenters. The van der Waals surface area contributed by atoms with Gasteiger partial charge >= 0.3 is 0 Å². The third kappa shape index (κ3) is 3.96. The Hall–Kier alpha value is -0.840. The van der Waals surface area contributed by atoms with E-state index >= 15 is 0 Å². The van der Waals surface area contributed by atoms with Crippen molar-refractivity contribution in [1.29, 1.82) is 0 Å². The van der Waals surface area contributed by atoms with E-state index in [2.05, 4.69) is 5.32 Å². The zero-order valence-electron chi connectivity index (χ0n) is 9.61. The highest BCUT2D eigenvalue weighted by atomic mass is 16.5. The smallest absolute Gasteiger partial charge is 0.129 e. The summed E-state index contributed by atoms with van der Waals surface area (Å²) in [4.78, 5) is 0. The largest absolute Gasteiger partial charge is 0.467 e. The molecule has 0 amide bonds. The van der Waals surface area contributed by atoms with Gasteiger partial charge in [-0.1, -0.05) is 0 Å². The molecule has 1 aromatic rings. The number of furan rings is 1. The molecule has 1 aromatic heterocycles. The average molecular weight is 225 g/mol. The molecular formula is C12H19NO3. The van der Waals surface area contributed by atoms with E-state index in [1.807, 2.05) is 12.1 Å². The van der Waals surface area contributed by atoms with Crippen LogP contribution < -0.4 is 5.32 Å². The second kappa shape index (κ2) is 4.99. The van der Waals surface area contributed by atoms with Crippen LogP contribution in [0.4, 0.5) is 0 Å². The summed E-state index contributed by atoms with van der Waals surface area (Å²) >= 11 is 0. The van der Waals surface area contributed by atoms with Gasteiger partial charge in [-0.2, -0.15) is 0 Å². The zero-order chi connectivity index (χ0) is 11.4. The van der Waals surface area contributed by atoms with Crippen LogP contribution in [0, 0.1) is 0 Å². The first-order chi connectivity index (χ1) is 7.66. The Labute approximate surface area is 95.6 Å². The summed E-state index contributed by atoms with van der Waals surface area (Å²) in [6.07, 6.45) is 4.07. The first-order valence-corrected chi connectivity index (χ1v) is 5.72. The van der Waals surface area contributed by atoms with E-state index in [4.69, 9.17) is 9.15 Å². The minimum absolute atomic E-state index is 0.313. The molecule has 2 N–H and O–H groups in total. The number of hydrogen-bond donors (Lipinski definition) is 2. The Morgan fingerprint density at radius 1 is 1.62 bits per heavy atom. The van der Waals surface area contributed by atoms with Crippen molar-refractivity contribution in [3.8, 4) is 0 Å². The fourth-order valence-corrected chi connectivity index (χ4v) is 1.47. The van der Waals surface area contributed by atoms with Gasteiger partial charge in [0.25, 0.3) is 0 Å². The Kier molecular flexibility index (Phi) is 3.63. The van der Waals surface area contributed by atoms with Crippen LogP contribution in [-0.2, 0) is 11.3 Å². The van der Waals surface area contributed by atoms with E-state index < -0.39 is 5.60 Å². The van der Waals surface area contributed by atoms with Crippen LogP contribution in [0.2, 0.25) is 0 Å². The van der Waals surface area contributed by atoms with Crippen LogP contribution in [0.5, 0.6) is 0 Å². The minimum atomic E-state index is -0.810. The number of hydrogen-bond acceptors (Lipinski definition) is 4. The molecule has 0 aromatic carbocycles. The number of aliphatic hydroxyl groups is 1. The molecule has 90 valence electrons. The summed E-state index contributed by atoms with van der Waals surface area (Å²) in [5.41, 5.74) is -0.810. The molecule has 1 fully saturated rings. The summed E-state index contributed by atoms with van der Waals surface area (Å²) < 4.78 is 10.5. The molecule has 0 spiro atoms. The first kappa shape index (κ1) is 11.6. The molecule has 2 rings (SSSR count). The third-order valence-corrected chi connectivity index (χ3v) is 2.59. The molecular weight excluding hydrogens is 206 g/mol. The van der Waals surface area contributed by atoms with E-state index in [9.17, 15) is 5.11 Å². The van der Waals surface area contributed by atoms with Crippen molar-refractivity contribution in [3.63, 3.8) is 0 Å². The van der Waals surface area contributed by atoms with Crippen LogP contribution in [-0.4, -0.2) is 29.9 Å². The summed E-state index contributed by atoms with van der Waals surface area (Å²) in [7, 11) is 0. The fourth-order valence-electron chi connectivity index (χ4n) is 1.47. The second-order valence-corrected chi connectivity index (χ2v) is 4.72. The van der Waals surface area contributed by atoms with Gasteiger partial charge in [-0.05, 0) is 31.9 Å². The van der Waals surface area contributed by atoms with Crippen LogP contribution in [0.25, 0.3) is 0 Å². The molecule has 4 heteroatoms. The molecule has 0 aliphatic heterocycles. The fraction of sp³-hybridized carbons (Fsp3) is 0.667. The number of nitrogens with one attached hydrogen (secondary N) is 1. The van der Waals surface area contributed by atoms with Gasteiger partial charge in [0.05, 0.1) is 18.5 Å². The van der Waals surface area contributed by atoms with Crippen molar-refractivity contribution in [2.75, 3.05) is 13.2 Å². The topological polar surface area (TPSA) is 54.6 Å². The molecule has 1 aliphatic carbocycles. The van der Waals surface area contributed by atoms with Gasteiger partial charge in [0.1, 0.15) is 12.4 Å². The predicted octanol–water partition coefficient (Wildman–Crippen LogP) is 1.30. The third-order valence-electron chi connectivity index (χ3n) is 2.59. The Balaban J connectivity index is 1.62. The lowest BCUT2D eigenvalue weighted by molar-refractivity contribution is -0.0415. The molecule has 16 heavy (non-hydrogen) atoms. The highest BCUT2D eigenvalue weighted by Crippen LogP contribution is 2.19. The highest BCUT2D eigenvalue weighted by Gasteiger charge is 2.26. The molecule has 1 heterocycles. The summed E-state index contributed by atoms with van der Waals surface area (Å²) in [6.45, 7) is 3.08. The van der Waals surface area contributed by atoms with Crippen molar-refractivity contribution in [1.82, 2.24) is 5.32 Å². The molecule has 0 saturated heterocycles. The van der Waals surface area contributed by atoms with Gasteiger partial charge in [-0.15, -0.1) is 0 Å². The SMILES string of the molecule is CC(O)(CNC1CC1)COCc1ccco1. The summed E-state index contributed by atoms with van der Waals surface area (Å²) in [5, 5.41) is 13.3. The maximum Gasteiger partial charge on any atom is 0.129 e. The zero-order valence-corrected chi connectivity index (χ0v) is 9.61. The molecule has 0 radical (unpaired) electrons. The van der Waals surface area contributed by atoms with E-state index in [0.717, 1.165) is 5.76 Å². The minimum Gasteiger partial charge on any atom is -0.467 e. The molecule has 1 atom stereocenters. The summed E-state index contributed by atoms with van der Waals surface area (Å²) in [5.74, 6) is 0.783.